The van der Waals surface area contributed by atoms with Crippen LogP contribution >= 0.6 is 0 Å². The van der Waals surface area contributed by atoms with Gasteiger partial charge in [0.05, 0.1) is 0 Å². The number of carbonyl (C=O) groups excluding carboxylic acids is 3. The van der Waals surface area contributed by atoms with Gasteiger partial charge in [0, 0.05) is 19.3 Å². The first-order valence-corrected chi connectivity index (χ1v) is 36.1. The van der Waals surface area contributed by atoms with Crippen molar-refractivity contribution in [2.45, 2.75) is 374 Å². The molecule has 1 unspecified atom stereocenters. The number of rotatable bonds is 66. The maximum absolute atomic E-state index is 13.0. The predicted octanol–water partition coefficient (Wildman–Crippen LogP) is 25.0. The first-order chi connectivity index (χ1) is 41.0. The molecule has 0 aliphatic carbocycles. The highest BCUT2D eigenvalue weighted by Crippen LogP contribution is 2.18. The molecule has 83 heavy (non-hydrogen) atoms. The molecule has 0 radical (unpaired) electrons. The Morgan fingerprint density at radius 1 is 0.253 bits per heavy atom. The number of allylic oxidation sites excluding steroid dienone is 14. The second-order valence-corrected chi connectivity index (χ2v) is 24.1. The summed E-state index contributed by atoms with van der Waals surface area (Å²) in [7, 11) is 0. The number of ether oxygens (including phenoxy) is 3. The van der Waals surface area contributed by atoms with Crippen LogP contribution in [-0.2, 0) is 28.6 Å². The van der Waals surface area contributed by atoms with Gasteiger partial charge < -0.3 is 14.2 Å². The van der Waals surface area contributed by atoms with Gasteiger partial charge in [0.1, 0.15) is 13.2 Å². The first kappa shape index (κ1) is 79.6. The molecule has 0 aromatic heterocycles. The third kappa shape index (κ3) is 69.3. The van der Waals surface area contributed by atoms with E-state index in [-0.39, 0.29) is 31.1 Å². The van der Waals surface area contributed by atoms with Crippen molar-refractivity contribution in [3.05, 3.63) is 85.1 Å². The summed E-state index contributed by atoms with van der Waals surface area (Å²) in [5, 5.41) is 0. The number of esters is 3. The Labute approximate surface area is 515 Å². The fraction of sp³-hybridized carbons (Fsp3) is 0.779. The highest BCUT2D eigenvalue weighted by Gasteiger charge is 2.19. The Balaban J connectivity index is 4.29. The van der Waals surface area contributed by atoms with Crippen LogP contribution in [0.3, 0.4) is 0 Å². The maximum atomic E-state index is 13.0. The van der Waals surface area contributed by atoms with Crippen LogP contribution in [0.15, 0.2) is 85.1 Å². The Bertz CT molecular complexity index is 1570. The van der Waals surface area contributed by atoms with Gasteiger partial charge in [0.2, 0.25) is 0 Å². The van der Waals surface area contributed by atoms with Crippen molar-refractivity contribution in [3.8, 4) is 0 Å². The minimum absolute atomic E-state index is 0.0873. The molecule has 0 N–H and O–H groups in total. The summed E-state index contributed by atoms with van der Waals surface area (Å²) in [6, 6.07) is 0. The average Bonchev–Trinajstić information content (AvgIpc) is 3.50. The molecular formula is C77H136O6. The van der Waals surface area contributed by atoms with E-state index >= 15 is 0 Å². The van der Waals surface area contributed by atoms with Crippen molar-refractivity contribution in [2.24, 2.45) is 0 Å². The van der Waals surface area contributed by atoms with Gasteiger partial charge in [-0.25, -0.2) is 0 Å². The van der Waals surface area contributed by atoms with Crippen LogP contribution < -0.4 is 0 Å². The molecule has 480 valence electrons. The van der Waals surface area contributed by atoms with E-state index in [2.05, 4.69) is 106 Å². The molecule has 0 fully saturated rings. The lowest BCUT2D eigenvalue weighted by molar-refractivity contribution is -0.167. The largest absolute Gasteiger partial charge is 0.462 e. The monoisotopic (exact) mass is 1160 g/mol. The molecule has 0 amide bonds. The molecule has 0 rings (SSSR count). The summed E-state index contributed by atoms with van der Waals surface area (Å²) in [4.78, 5) is 38.5. The van der Waals surface area contributed by atoms with Crippen molar-refractivity contribution in [1.29, 1.82) is 0 Å². The quantitative estimate of drug-likeness (QED) is 0.0261. The van der Waals surface area contributed by atoms with Crippen molar-refractivity contribution < 1.29 is 28.6 Å². The Morgan fingerprint density at radius 3 is 0.759 bits per heavy atom. The topological polar surface area (TPSA) is 78.9 Å². The summed E-state index contributed by atoms with van der Waals surface area (Å²) in [6.45, 7) is 6.52. The zero-order valence-corrected chi connectivity index (χ0v) is 55.2. The van der Waals surface area contributed by atoms with Gasteiger partial charge >= 0.3 is 17.9 Å². The minimum atomic E-state index is -0.796. The van der Waals surface area contributed by atoms with Crippen LogP contribution in [0.25, 0.3) is 0 Å². The van der Waals surface area contributed by atoms with E-state index in [4.69, 9.17) is 14.2 Å². The van der Waals surface area contributed by atoms with Gasteiger partial charge in [-0.15, -0.1) is 0 Å². The van der Waals surface area contributed by atoms with Crippen LogP contribution in [0.2, 0.25) is 0 Å². The molecular weight excluding hydrogens is 1020 g/mol. The third-order valence-electron chi connectivity index (χ3n) is 15.9. The zero-order chi connectivity index (χ0) is 59.9. The molecule has 0 aromatic carbocycles. The number of carbonyl (C=O) groups is 3. The summed E-state index contributed by atoms with van der Waals surface area (Å²) < 4.78 is 17.0. The third-order valence-corrected chi connectivity index (χ3v) is 15.9. The second-order valence-electron chi connectivity index (χ2n) is 24.1. The molecule has 0 saturated heterocycles. The van der Waals surface area contributed by atoms with Gasteiger partial charge in [0.15, 0.2) is 6.10 Å². The number of hydrogen-bond acceptors (Lipinski definition) is 6. The Hall–Kier alpha value is -3.41. The molecule has 0 spiro atoms. The van der Waals surface area contributed by atoms with E-state index < -0.39 is 6.10 Å². The van der Waals surface area contributed by atoms with E-state index in [1.54, 1.807) is 0 Å². The molecule has 0 bridgehead atoms. The second kappa shape index (κ2) is 71.1. The standard InChI is InChI=1S/C77H136O6/c1-4-7-10-13-16-19-22-25-28-31-33-34-35-36-37-38-39-40-41-42-44-46-49-52-55-58-61-64-67-70-76(79)82-73-74(72-81-75(78)69-66-63-60-57-54-51-48-45-30-27-24-21-18-15-12-9-6-3)83-77(80)71-68-65-62-59-56-53-50-47-43-32-29-26-23-20-17-14-11-8-5-2/h9,12,17-18,20-21,26-27,29-30,43,47-48,51,74H,4-8,10-11,13-16,19,22-25,28,31-42,44-46,49-50,52-73H2,1-3H3/b12-9-,20-17-,21-18-,29-26-,30-27-,47-43-,51-48-. The molecule has 0 saturated carbocycles. The molecule has 0 heterocycles. The summed E-state index contributed by atoms with van der Waals surface area (Å²) in [6.07, 6.45) is 94.8. The van der Waals surface area contributed by atoms with Gasteiger partial charge in [-0.1, -0.05) is 337 Å². The van der Waals surface area contributed by atoms with Crippen LogP contribution in [0, 0.1) is 0 Å². The number of unbranched alkanes of at least 4 members (excludes halogenated alkanes) is 41. The Morgan fingerprint density at radius 2 is 0.470 bits per heavy atom. The molecule has 0 aromatic rings. The summed E-state index contributed by atoms with van der Waals surface area (Å²) in [5.41, 5.74) is 0. The van der Waals surface area contributed by atoms with E-state index in [0.717, 1.165) is 122 Å². The molecule has 6 nitrogen and oxygen atoms in total. The highest BCUT2D eigenvalue weighted by atomic mass is 16.6. The van der Waals surface area contributed by atoms with Gasteiger partial charge in [-0.2, -0.15) is 0 Å². The van der Waals surface area contributed by atoms with Crippen molar-refractivity contribution in [1.82, 2.24) is 0 Å². The maximum Gasteiger partial charge on any atom is 0.306 e. The smallest absolute Gasteiger partial charge is 0.306 e. The highest BCUT2D eigenvalue weighted by molar-refractivity contribution is 5.71. The number of hydrogen-bond donors (Lipinski definition) is 0. The average molecular weight is 1160 g/mol. The molecule has 6 heteroatoms. The van der Waals surface area contributed by atoms with Crippen LogP contribution in [0.1, 0.15) is 367 Å². The van der Waals surface area contributed by atoms with Crippen molar-refractivity contribution >= 4 is 17.9 Å². The van der Waals surface area contributed by atoms with Crippen molar-refractivity contribution in [2.75, 3.05) is 13.2 Å². The summed E-state index contributed by atoms with van der Waals surface area (Å²) >= 11 is 0. The lowest BCUT2D eigenvalue weighted by Crippen LogP contribution is -2.30. The molecule has 0 aliphatic heterocycles. The van der Waals surface area contributed by atoms with E-state index in [9.17, 15) is 14.4 Å². The van der Waals surface area contributed by atoms with Crippen LogP contribution in [0.4, 0.5) is 0 Å². The SMILES string of the molecule is CC/C=C\C/C=C\C/C=C\C/C=C\CCCCCCC(=O)OCC(COC(=O)CCCCCCCCCCCCCCCCCCCCCCCCCCCCCCC)OC(=O)CCCCCCCC/C=C\C/C=C\C/C=C\CCCCC. The predicted molar refractivity (Wildman–Crippen MR) is 362 cm³/mol. The lowest BCUT2D eigenvalue weighted by Gasteiger charge is -2.18. The van der Waals surface area contributed by atoms with E-state index in [1.165, 1.54) is 205 Å². The molecule has 1 atom stereocenters. The van der Waals surface area contributed by atoms with E-state index in [0.29, 0.717) is 19.3 Å². The lowest BCUT2D eigenvalue weighted by atomic mass is 10.0. The van der Waals surface area contributed by atoms with Crippen LogP contribution in [-0.4, -0.2) is 37.2 Å². The van der Waals surface area contributed by atoms with Gasteiger partial charge in [0.25, 0.3) is 0 Å². The summed E-state index contributed by atoms with van der Waals surface area (Å²) in [5.74, 6) is -0.906. The van der Waals surface area contributed by atoms with E-state index in [1.807, 2.05) is 0 Å². The fourth-order valence-corrected chi connectivity index (χ4v) is 10.5. The normalized spacial score (nSPS) is 12.6. The molecule has 0 aliphatic rings. The first-order valence-electron chi connectivity index (χ1n) is 36.1. The zero-order valence-electron chi connectivity index (χ0n) is 55.2. The van der Waals surface area contributed by atoms with Gasteiger partial charge in [-0.3, -0.25) is 14.4 Å². The van der Waals surface area contributed by atoms with Gasteiger partial charge in [-0.05, 0) is 96.3 Å². The Kier molecular flexibility index (Phi) is 68.2. The van der Waals surface area contributed by atoms with Crippen LogP contribution in [0.5, 0.6) is 0 Å². The van der Waals surface area contributed by atoms with Crippen molar-refractivity contribution in [3.63, 3.8) is 0 Å². The fourth-order valence-electron chi connectivity index (χ4n) is 10.5. The minimum Gasteiger partial charge on any atom is -0.462 e.